The van der Waals surface area contributed by atoms with Gasteiger partial charge in [-0.1, -0.05) is 6.92 Å². The minimum Gasteiger partial charge on any atom is -0.480 e. The molecule has 1 aliphatic rings. The van der Waals surface area contributed by atoms with E-state index in [2.05, 4.69) is 30.6 Å². The molecule has 1 heterocycles. The molecule has 0 saturated carbocycles. The highest BCUT2D eigenvalue weighted by Gasteiger charge is 2.25. The van der Waals surface area contributed by atoms with Gasteiger partial charge in [0.15, 0.2) is 0 Å². The summed E-state index contributed by atoms with van der Waals surface area (Å²) in [6.07, 6.45) is 3.41. The maximum atomic E-state index is 10.9. The van der Waals surface area contributed by atoms with Crippen LogP contribution in [0.5, 0.6) is 0 Å². The number of carboxylic acids is 1. The zero-order chi connectivity index (χ0) is 12.8. The highest BCUT2D eigenvalue weighted by Crippen LogP contribution is 2.18. The summed E-state index contributed by atoms with van der Waals surface area (Å²) in [5.41, 5.74) is 0. The van der Waals surface area contributed by atoms with E-state index in [-0.39, 0.29) is 6.54 Å². The number of rotatable bonds is 5. The predicted octanol–water partition coefficient (Wildman–Crippen LogP) is 1.66. The van der Waals surface area contributed by atoms with E-state index < -0.39 is 5.97 Å². The topological polar surface area (TPSA) is 43.8 Å². The van der Waals surface area contributed by atoms with Crippen molar-refractivity contribution in [3.63, 3.8) is 0 Å². The van der Waals surface area contributed by atoms with Crippen LogP contribution >= 0.6 is 0 Å². The molecule has 1 N–H and O–H groups in total. The summed E-state index contributed by atoms with van der Waals surface area (Å²) in [5.74, 6) is -0.713. The minimum absolute atomic E-state index is 0.175. The molecule has 0 spiro atoms. The molecule has 0 bridgehead atoms. The van der Waals surface area contributed by atoms with Gasteiger partial charge in [-0.3, -0.25) is 9.69 Å². The minimum atomic E-state index is -0.713. The maximum absolute atomic E-state index is 10.9. The van der Waals surface area contributed by atoms with Crippen molar-refractivity contribution in [2.75, 3.05) is 26.2 Å². The summed E-state index contributed by atoms with van der Waals surface area (Å²) in [6, 6.07) is 0.743. The lowest BCUT2D eigenvalue weighted by atomic mass is 10.1. The van der Waals surface area contributed by atoms with E-state index in [0.29, 0.717) is 12.1 Å². The Morgan fingerprint density at radius 2 is 2.12 bits per heavy atom. The van der Waals surface area contributed by atoms with Crippen molar-refractivity contribution in [1.82, 2.24) is 9.80 Å². The molecular formula is C13H26N2O2. The van der Waals surface area contributed by atoms with E-state index in [1.807, 2.05) is 0 Å². The number of nitrogens with zero attached hydrogens (tertiary/aromatic N) is 2. The third-order valence-corrected chi connectivity index (χ3v) is 3.69. The van der Waals surface area contributed by atoms with Crippen LogP contribution in [0.1, 0.15) is 40.0 Å². The molecule has 1 aliphatic heterocycles. The van der Waals surface area contributed by atoms with Crippen LogP contribution in [0.2, 0.25) is 0 Å². The first-order valence-corrected chi connectivity index (χ1v) is 6.74. The molecule has 4 heteroatoms. The first-order chi connectivity index (χ1) is 8.04. The highest BCUT2D eigenvalue weighted by atomic mass is 16.4. The van der Waals surface area contributed by atoms with Gasteiger partial charge in [0.1, 0.15) is 0 Å². The molecule has 0 aromatic rings. The van der Waals surface area contributed by atoms with Gasteiger partial charge in [-0.25, -0.2) is 0 Å². The van der Waals surface area contributed by atoms with Gasteiger partial charge in [-0.05, 0) is 52.7 Å². The van der Waals surface area contributed by atoms with Crippen LogP contribution < -0.4 is 0 Å². The van der Waals surface area contributed by atoms with Gasteiger partial charge >= 0.3 is 5.97 Å². The number of hydrogen-bond donors (Lipinski definition) is 1. The van der Waals surface area contributed by atoms with Crippen molar-refractivity contribution in [2.24, 2.45) is 0 Å². The highest BCUT2D eigenvalue weighted by molar-refractivity contribution is 5.69. The van der Waals surface area contributed by atoms with Crippen molar-refractivity contribution < 1.29 is 9.90 Å². The second-order valence-corrected chi connectivity index (χ2v) is 5.18. The third-order valence-electron chi connectivity index (χ3n) is 3.69. The zero-order valence-electron chi connectivity index (χ0n) is 11.4. The molecule has 100 valence electrons. The van der Waals surface area contributed by atoms with Gasteiger partial charge in [0.2, 0.25) is 0 Å². The van der Waals surface area contributed by atoms with E-state index in [0.717, 1.165) is 32.5 Å². The first kappa shape index (κ1) is 14.5. The summed E-state index contributed by atoms with van der Waals surface area (Å²) in [6.45, 7) is 9.91. The Morgan fingerprint density at radius 1 is 1.41 bits per heavy atom. The number of carboxylic acid groups (broad SMARTS) is 1. The quantitative estimate of drug-likeness (QED) is 0.796. The number of aliphatic carboxylic acids is 1. The normalized spacial score (nSPS) is 23.0. The van der Waals surface area contributed by atoms with Crippen LogP contribution in [0, 0.1) is 0 Å². The van der Waals surface area contributed by atoms with Gasteiger partial charge in [-0.15, -0.1) is 0 Å². The second kappa shape index (κ2) is 6.97. The summed E-state index contributed by atoms with van der Waals surface area (Å²) in [7, 11) is 0. The lowest BCUT2D eigenvalue weighted by Gasteiger charge is -2.33. The van der Waals surface area contributed by atoms with Crippen molar-refractivity contribution in [1.29, 1.82) is 0 Å². The van der Waals surface area contributed by atoms with Gasteiger partial charge < -0.3 is 10.0 Å². The third kappa shape index (κ3) is 4.64. The SMILES string of the molecule is CCN1CCCC(N(CC(=O)O)C(C)C)CC1. The Morgan fingerprint density at radius 3 is 2.65 bits per heavy atom. The van der Waals surface area contributed by atoms with E-state index in [4.69, 9.17) is 5.11 Å². The molecule has 1 unspecified atom stereocenters. The molecule has 0 aromatic heterocycles. The van der Waals surface area contributed by atoms with E-state index in [9.17, 15) is 4.79 Å². The molecule has 17 heavy (non-hydrogen) atoms. The summed E-state index contributed by atoms with van der Waals surface area (Å²) >= 11 is 0. The molecule has 0 radical (unpaired) electrons. The molecule has 1 rings (SSSR count). The van der Waals surface area contributed by atoms with Crippen molar-refractivity contribution >= 4 is 5.97 Å². The predicted molar refractivity (Wildman–Crippen MR) is 69.2 cm³/mol. The van der Waals surface area contributed by atoms with Crippen LogP contribution in [-0.2, 0) is 4.79 Å². The number of hydrogen-bond acceptors (Lipinski definition) is 3. The lowest BCUT2D eigenvalue weighted by molar-refractivity contribution is -0.139. The Hall–Kier alpha value is -0.610. The number of likely N-dealkylation sites (tertiary alicyclic amines) is 1. The maximum Gasteiger partial charge on any atom is 0.317 e. The fourth-order valence-electron chi connectivity index (χ4n) is 2.68. The molecular weight excluding hydrogens is 216 g/mol. The molecule has 0 aromatic carbocycles. The van der Waals surface area contributed by atoms with E-state index in [1.165, 1.54) is 6.42 Å². The van der Waals surface area contributed by atoms with Crippen LogP contribution in [0.25, 0.3) is 0 Å². The van der Waals surface area contributed by atoms with Crippen LogP contribution in [0.4, 0.5) is 0 Å². The molecule has 4 nitrogen and oxygen atoms in total. The standard InChI is InChI=1S/C13H26N2O2/c1-4-14-8-5-6-12(7-9-14)15(11(2)3)10-13(16)17/h11-12H,4-10H2,1-3H3,(H,16,17). The molecule has 0 amide bonds. The van der Waals surface area contributed by atoms with Gasteiger partial charge in [0.25, 0.3) is 0 Å². The van der Waals surface area contributed by atoms with Crippen molar-refractivity contribution in [3.05, 3.63) is 0 Å². The summed E-state index contributed by atoms with van der Waals surface area (Å²) < 4.78 is 0. The van der Waals surface area contributed by atoms with Crippen LogP contribution in [-0.4, -0.2) is 59.1 Å². The molecule has 1 fully saturated rings. The molecule has 1 saturated heterocycles. The summed E-state index contributed by atoms with van der Waals surface area (Å²) in [4.78, 5) is 15.5. The summed E-state index contributed by atoms with van der Waals surface area (Å²) in [5, 5.41) is 8.98. The first-order valence-electron chi connectivity index (χ1n) is 6.74. The van der Waals surface area contributed by atoms with Crippen LogP contribution in [0.15, 0.2) is 0 Å². The van der Waals surface area contributed by atoms with E-state index in [1.54, 1.807) is 0 Å². The van der Waals surface area contributed by atoms with Crippen LogP contribution in [0.3, 0.4) is 0 Å². The fraction of sp³-hybridized carbons (Fsp3) is 0.923. The Kier molecular flexibility index (Phi) is 5.92. The van der Waals surface area contributed by atoms with E-state index >= 15 is 0 Å². The Balaban J connectivity index is 2.58. The van der Waals surface area contributed by atoms with Gasteiger partial charge in [-0.2, -0.15) is 0 Å². The van der Waals surface area contributed by atoms with Gasteiger partial charge in [0.05, 0.1) is 6.54 Å². The molecule has 1 atom stereocenters. The average Bonchev–Trinajstić information content (AvgIpc) is 2.50. The Bertz CT molecular complexity index is 244. The fourth-order valence-corrected chi connectivity index (χ4v) is 2.68. The zero-order valence-corrected chi connectivity index (χ0v) is 11.4. The second-order valence-electron chi connectivity index (χ2n) is 5.18. The number of carbonyl (C=O) groups is 1. The largest absolute Gasteiger partial charge is 0.480 e. The average molecular weight is 242 g/mol. The monoisotopic (exact) mass is 242 g/mol. The lowest BCUT2D eigenvalue weighted by Crippen LogP contribution is -2.44. The smallest absolute Gasteiger partial charge is 0.317 e. The van der Waals surface area contributed by atoms with Gasteiger partial charge in [0, 0.05) is 12.1 Å². The molecule has 0 aliphatic carbocycles. The Labute approximate surface area is 105 Å². The van der Waals surface area contributed by atoms with Crippen molar-refractivity contribution in [2.45, 2.75) is 52.1 Å². The van der Waals surface area contributed by atoms with Crippen molar-refractivity contribution in [3.8, 4) is 0 Å².